The van der Waals surface area contributed by atoms with E-state index in [0.717, 1.165) is 5.56 Å². The van der Waals surface area contributed by atoms with Gasteiger partial charge in [-0.05, 0) is 12.0 Å². The molecule has 0 bridgehead atoms. The van der Waals surface area contributed by atoms with Crippen molar-refractivity contribution in [1.82, 2.24) is 0 Å². The minimum absolute atomic E-state index is 0.234. The van der Waals surface area contributed by atoms with Crippen molar-refractivity contribution in [2.75, 3.05) is 13.7 Å². The van der Waals surface area contributed by atoms with Crippen LogP contribution in [0, 0.1) is 5.92 Å². The van der Waals surface area contributed by atoms with Crippen LogP contribution in [0.2, 0.25) is 0 Å². The van der Waals surface area contributed by atoms with Gasteiger partial charge in [0.25, 0.3) is 0 Å². The molecule has 1 unspecified atom stereocenters. The Balaban J connectivity index is 2.62. The molecule has 1 aromatic rings. The first-order chi connectivity index (χ1) is 6.77. The Bertz CT molecular complexity index is 285. The third-order valence-corrected chi connectivity index (χ3v) is 2.14. The molecule has 0 amide bonds. The molecule has 0 aliphatic heterocycles. The van der Waals surface area contributed by atoms with Crippen molar-refractivity contribution in [3.05, 3.63) is 35.9 Å². The molecule has 1 atom stereocenters. The lowest BCUT2D eigenvalue weighted by Gasteiger charge is -2.11. The van der Waals surface area contributed by atoms with Crippen LogP contribution in [0.1, 0.15) is 5.56 Å². The van der Waals surface area contributed by atoms with E-state index in [1.807, 2.05) is 30.3 Å². The van der Waals surface area contributed by atoms with E-state index < -0.39 is 0 Å². The summed E-state index contributed by atoms with van der Waals surface area (Å²) in [6.07, 6.45) is 0.643. The van der Waals surface area contributed by atoms with Crippen molar-refractivity contribution in [3.8, 4) is 0 Å². The van der Waals surface area contributed by atoms with Gasteiger partial charge in [0.1, 0.15) is 0 Å². The number of nitrogens with two attached hydrogens (primary N) is 1. The summed E-state index contributed by atoms with van der Waals surface area (Å²) in [4.78, 5) is 11.2. The first-order valence-electron chi connectivity index (χ1n) is 4.59. The van der Waals surface area contributed by atoms with Crippen molar-refractivity contribution >= 4 is 5.97 Å². The zero-order valence-electron chi connectivity index (χ0n) is 8.27. The maximum atomic E-state index is 11.2. The normalized spacial score (nSPS) is 12.1. The standard InChI is InChI=1S/C11H15NO2/c1-14-11(13)10(8-12)7-9-5-3-2-4-6-9/h2-6,10H,7-8,12H2,1H3. The summed E-state index contributed by atoms with van der Waals surface area (Å²) >= 11 is 0. The fourth-order valence-corrected chi connectivity index (χ4v) is 1.33. The van der Waals surface area contributed by atoms with Gasteiger partial charge < -0.3 is 10.5 Å². The lowest BCUT2D eigenvalue weighted by molar-refractivity contribution is -0.145. The van der Waals surface area contributed by atoms with Crippen LogP contribution in [0.5, 0.6) is 0 Å². The van der Waals surface area contributed by atoms with Crippen molar-refractivity contribution in [1.29, 1.82) is 0 Å². The molecule has 3 nitrogen and oxygen atoms in total. The highest BCUT2D eigenvalue weighted by molar-refractivity contribution is 5.72. The topological polar surface area (TPSA) is 52.3 Å². The number of ether oxygens (including phenoxy) is 1. The Morgan fingerprint density at radius 1 is 1.43 bits per heavy atom. The summed E-state index contributed by atoms with van der Waals surface area (Å²) in [5.74, 6) is -0.473. The van der Waals surface area contributed by atoms with E-state index in [1.165, 1.54) is 7.11 Å². The van der Waals surface area contributed by atoms with Gasteiger partial charge in [0, 0.05) is 6.54 Å². The molecular formula is C11H15NO2. The molecule has 0 aliphatic rings. The van der Waals surface area contributed by atoms with Crippen molar-refractivity contribution in [2.45, 2.75) is 6.42 Å². The average Bonchev–Trinajstić information content (AvgIpc) is 2.26. The second-order valence-corrected chi connectivity index (χ2v) is 3.15. The summed E-state index contributed by atoms with van der Waals surface area (Å²) in [6, 6.07) is 9.79. The van der Waals surface area contributed by atoms with E-state index in [1.54, 1.807) is 0 Å². The number of benzene rings is 1. The molecule has 0 spiro atoms. The first-order valence-corrected chi connectivity index (χ1v) is 4.59. The van der Waals surface area contributed by atoms with E-state index in [4.69, 9.17) is 5.73 Å². The molecule has 1 aromatic carbocycles. The molecule has 0 saturated heterocycles. The molecule has 14 heavy (non-hydrogen) atoms. The maximum Gasteiger partial charge on any atom is 0.310 e. The highest BCUT2D eigenvalue weighted by atomic mass is 16.5. The second-order valence-electron chi connectivity index (χ2n) is 3.15. The highest BCUT2D eigenvalue weighted by Crippen LogP contribution is 2.08. The fourth-order valence-electron chi connectivity index (χ4n) is 1.33. The van der Waals surface area contributed by atoms with Gasteiger partial charge >= 0.3 is 5.97 Å². The van der Waals surface area contributed by atoms with Gasteiger partial charge in [-0.1, -0.05) is 30.3 Å². The molecule has 0 aliphatic carbocycles. The largest absolute Gasteiger partial charge is 0.469 e. The van der Waals surface area contributed by atoms with Crippen LogP contribution in [0.4, 0.5) is 0 Å². The monoisotopic (exact) mass is 193 g/mol. The van der Waals surface area contributed by atoms with Gasteiger partial charge in [-0.15, -0.1) is 0 Å². The molecule has 0 aromatic heterocycles. The zero-order valence-corrected chi connectivity index (χ0v) is 8.27. The summed E-state index contributed by atoms with van der Waals surface area (Å²) in [5.41, 5.74) is 6.60. The second kappa shape index (κ2) is 5.40. The summed E-state index contributed by atoms with van der Waals surface area (Å²) in [5, 5.41) is 0. The van der Waals surface area contributed by atoms with Crippen LogP contribution >= 0.6 is 0 Å². The van der Waals surface area contributed by atoms with Gasteiger partial charge in [0.05, 0.1) is 13.0 Å². The molecule has 0 fully saturated rings. The van der Waals surface area contributed by atoms with Gasteiger partial charge in [0.2, 0.25) is 0 Å². The molecule has 0 heterocycles. The summed E-state index contributed by atoms with van der Waals surface area (Å²) in [7, 11) is 1.38. The number of carbonyl (C=O) groups excluding carboxylic acids is 1. The number of hydrogen-bond acceptors (Lipinski definition) is 3. The predicted molar refractivity (Wildman–Crippen MR) is 54.7 cm³/mol. The first kappa shape index (κ1) is 10.7. The molecule has 3 heteroatoms. The molecule has 2 N–H and O–H groups in total. The van der Waals surface area contributed by atoms with Gasteiger partial charge in [-0.3, -0.25) is 4.79 Å². The molecule has 0 saturated carbocycles. The lowest BCUT2D eigenvalue weighted by atomic mass is 10.00. The molecular weight excluding hydrogens is 178 g/mol. The van der Waals surface area contributed by atoms with Crippen molar-refractivity contribution in [2.24, 2.45) is 11.7 Å². The Morgan fingerprint density at radius 2 is 2.07 bits per heavy atom. The summed E-state index contributed by atoms with van der Waals surface area (Å²) < 4.78 is 4.66. The van der Waals surface area contributed by atoms with E-state index in [9.17, 15) is 4.79 Å². The highest BCUT2D eigenvalue weighted by Gasteiger charge is 2.17. The van der Waals surface area contributed by atoms with Crippen molar-refractivity contribution in [3.63, 3.8) is 0 Å². The Morgan fingerprint density at radius 3 is 2.57 bits per heavy atom. The maximum absolute atomic E-state index is 11.2. The van der Waals surface area contributed by atoms with E-state index in [0.29, 0.717) is 13.0 Å². The smallest absolute Gasteiger partial charge is 0.310 e. The minimum atomic E-state index is -0.239. The third kappa shape index (κ3) is 2.85. The number of hydrogen-bond donors (Lipinski definition) is 1. The fraction of sp³-hybridized carbons (Fsp3) is 0.364. The van der Waals surface area contributed by atoms with E-state index >= 15 is 0 Å². The zero-order chi connectivity index (χ0) is 10.4. The van der Waals surface area contributed by atoms with Gasteiger partial charge in [0.15, 0.2) is 0 Å². The number of carbonyl (C=O) groups is 1. The van der Waals surface area contributed by atoms with E-state index in [2.05, 4.69) is 4.74 Å². The number of methoxy groups -OCH3 is 1. The number of esters is 1. The van der Waals surface area contributed by atoms with Crippen LogP contribution in [-0.2, 0) is 16.0 Å². The van der Waals surface area contributed by atoms with Crippen LogP contribution in [0.25, 0.3) is 0 Å². The molecule has 0 radical (unpaired) electrons. The number of rotatable bonds is 4. The Labute approximate surface area is 83.9 Å². The predicted octanol–water partition coefficient (Wildman–Crippen LogP) is 0.977. The van der Waals surface area contributed by atoms with Crippen LogP contribution < -0.4 is 5.73 Å². The quantitative estimate of drug-likeness (QED) is 0.725. The van der Waals surface area contributed by atoms with Gasteiger partial charge in [-0.2, -0.15) is 0 Å². The Kier molecular flexibility index (Phi) is 4.13. The van der Waals surface area contributed by atoms with Crippen LogP contribution in [0.3, 0.4) is 0 Å². The van der Waals surface area contributed by atoms with Crippen LogP contribution in [-0.4, -0.2) is 19.6 Å². The SMILES string of the molecule is COC(=O)C(CN)Cc1ccccc1. The molecule has 1 rings (SSSR count). The van der Waals surface area contributed by atoms with Gasteiger partial charge in [-0.25, -0.2) is 0 Å². The lowest BCUT2D eigenvalue weighted by Crippen LogP contribution is -2.26. The Hall–Kier alpha value is -1.35. The summed E-state index contributed by atoms with van der Waals surface area (Å²) in [6.45, 7) is 0.321. The minimum Gasteiger partial charge on any atom is -0.469 e. The van der Waals surface area contributed by atoms with Crippen LogP contribution in [0.15, 0.2) is 30.3 Å². The van der Waals surface area contributed by atoms with E-state index in [-0.39, 0.29) is 11.9 Å². The van der Waals surface area contributed by atoms with Crippen molar-refractivity contribution < 1.29 is 9.53 Å². The third-order valence-electron chi connectivity index (χ3n) is 2.14. The average molecular weight is 193 g/mol. The molecule has 76 valence electrons.